The highest BCUT2D eigenvalue weighted by Gasteiger charge is 2.20. The molecule has 0 bridgehead atoms. The molecule has 10 heteroatoms. The van der Waals surface area contributed by atoms with Crippen molar-refractivity contribution in [1.82, 2.24) is 24.8 Å². The van der Waals surface area contributed by atoms with Gasteiger partial charge in [-0.2, -0.15) is 4.98 Å². The number of thiazole rings is 1. The normalized spacial score (nSPS) is 19.1. The zero-order valence-corrected chi connectivity index (χ0v) is 18.7. The molecule has 0 amide bonds. The molecule has 0 atom stereocenters. The first-order chi connectivity index (χ1) is 15.1. The van der Waals surface area contributed by atoms with Gasteiger partial charge in [0, 0.05) is 38.5 Å². The Kier molecular flexibility index (Phi) is 7.23. The molecular weight excluding hydrogens is 414 g/mol. The van der Waals surface area contributed by atoms with Crippen LogP contribution in [-0.4, -0.2) is 69.4 Å². The SMILES string of the molecule is COCCN(C)Cc1cc(Nc2nc3cccnc3s2)nc(NC2CCC(O)CC2)n1. The van der Waals surface area contributed by atoms with Crippen molar-refractivity contribution in [2.24, 2.45) is 0 Å². The van der Waals surface area contributed by atoms with Gasteiger partial charge in [-0.25, -0.2) is 15.0 Å². The lowest BCUT2D eigenvalue weighted by molar-refractivity contribution is 0.126. The first-order valence-electron chi connectivity index (χ1n) is 10.6. The van der Waals surface area contributed by atoms with E-state index in [9.17, 15) is 5.11 Å². The van der Waals surface area contributed by atoms with Gasteiger partial charge in [-0.3, -0.25) is 4.90 Å². The Morgan fingerprint density at radius 2 is 2.06 bits per heavy atom. The standard InChI is InChI=1S/C21H29N7O2S/c1-28(10-11-30-2)13-15-12-18(27-21-25-17-4-3-9-22-19(17)31-21)26-20(24-15)23-14-5-7-16(29)8-6-14/h3-4,9,12,14,16,29H,5-8,10-11,13H2,1-2H3,(H2,23,24,25,26,27). The summed E-state index contributed by atoms with van der Waals surface area (Å²) in [4.78, 5) is 21.4. The molecule has 3 heterocycles. The number of ether oxygens (including phenoxy) is 1. The van der Waals surface area contributed by atoms with Crippen molar-refractivity contribution in [3.05, 3.63) is 30.1 Å². The Morgan fingerprint density at radius 1 is 1.23 bits per heavy atom. The molecule has 1 fully saturated rings. The van der Waals surface area contributed by atoms with E-state index in [1.165, 1.54) is 11.3 Å². The maximum Gasteiger partial charge on any atom is 0.225 e. The van der Waals surface area contributed by atoms with E-state index in [0.29, 0.717) is 24.9 Å². The van der Waals surface area contributed by atoms with Gasteiger partial charge >= 0.3 is 0 Å². The summed E-state index contributed by atoms with van der Waals surface area (Å²) in [7, 11) is 3.75. The molecule has 0 unspecified atom stereocenters. The van der Waals surface area contributed by atoms with E-state index >= 15 is 0 Å². The van der Waals surface area contributed by atoms with Crippen molar-refractivity contribution < 1.29 is 9.84 Å². The summed E-state index contributed by atoms with van der Waals surface area (Å²) >= 11 is 1.50. The fraction of sp³-hybridized carbons (Fsp3) is 0.524. The molecule has 1 aliphatic rings. The highest BCUT2D eigenvalue weighted by Crippen LogP contribution is 2.27. The minimum atomic E-state index is -0.190. The number of pyridine rings is 1. The third kappa shape index (κ3) is 6.07. The maximum atomic E-state index is 9.78. The van der Waals surface area contributed by atoms with Crippen molar-refractivity contribution in [2.75, 3.05) is 37.9 Å². The third-order valence-corrected chi connectivity index (χ3v) is 6.21. The summed E-state index contributed by atoms with van der Waals surface area (Å²) in [6.45, 7) is 2.16. The molecule has 0 aromatic carbocycles. The number of anilines is 3. The molecule has 9 nitrogen and oxygen atoms in total. The lowest BCUT2D eigenvalue weighted by atomic mass is 9.93. The average Bonchev–Trinajstić information content (AvgIpc) is 3.16. The number of likely N-dealkylation sites (N-methyl/N-ethyl adjacent to an activating group) is 1. The molecular formula is C21H29N7O2S. The van der Waals surface area contributed by atoms with Crippen LogP contribution < -0.4 is 10.6 Å². The van der Waals surface area contributed by atoms with Crippen LogP contribution in [0.4, 0.5) is 16.9 Å². The fourth-order valence-electron chi connectivity index (χ4n) is 3.65. The van der Waals surface area contributed by atoms with E-state index in [1.54, 1.807) is 13.3 Å². The summed E-state index contributed by atoms with van der Waals surface area (Å²) < 4.78 is 5.18. The smallest absolute Gasteiger partial charge is 0.225 e. The average molecular weight is 444 g/mol. The second-order valence-corrected chi connectivity index (χ2v) is 8.90. The molecule has 31 heavy (non-hydrogen) atoms. The summed E-state index contributed by atoms with van der Waals surface area (Å²) in [5.74, 6) is 1.29. The molecule has 0 radical (unpaired) electrons. The summed E-state index contributed by atoms with van der Waals surface area (Å²) in [6, 6.07) is 6.06. The number of aliphatic hydroxyl groups excluding tert-OH is 1. The number of hydrogen-bond donors (Lipinski definition) is 3. The predicted molar refractivity (Wildman–Crippen MR) is 123 cm³/mol. The number of aliphatic hydroxyl groups is 1. The number of hydrogen-bond acceptors (Lipinski definition) is 10. The first kappa shape index (κ1) is 21.8. The third-order valence-electron chi connectivity index (χ3n) is 5.32. The molecule has 0 saturated heterocycles. The van der Waals surface area contributed by atoms with Crippen LogP contribution in [0.15, 0.2) is 24.4 Å². The topological polar surface area (TPSA) is 108 Å². The molecule has 3 aromatic heterocycles. The van der Waals surface area contributed by atoms with E-state index in [1.807, 2.05) is 25.2 Å². The van der Waals surface area contributed by atoms with Crippen LogP contribution in [0.2, 0.25) is 0 Å². The first-order valence-corrected chi connectivity index (χ1v) is 11.4. The molecule has 166 valence electrons. The van der Waals surface area contributed by atoms with Crippen molar-refractivity contribution in [3.63, 3.8) is 0 Å². The van der Waals surface area contributed by atoms with E-state index in [-0.39, 0.29) is 12.1 Å². The number of aromatic nitrogens is 4. The van der Waals surface area contributed by atoms with Gasteiger partial charge in [-0.15, -0.1) is 0 Å². The van der Waals surface area contributed by atoms with Gasteiger partial charge in [-0.1, -0.05) is 11.3 Å². The van der Waals surface area contributed by atoms with E-state index in [4.69, 9.17) is 9.72 Å². The molecule has 1 saturated carbocycles. The Labute approximate surface area is 185 Å². The van der Waals surface area contributed by atoms with Gasteiger partial charge in [0.2, 0.25) is 5.95 Å². The molecule has 0 spiro atoms. The number of nitrogens with one attached hydrogen (secondary N) is 2. The Bertz CT molecular complexity index is 958. The minimum absolute atomic E-state index is 0.190. The van der Waals surface area contributed by atoms with Crippen LogP contribution in [0.1, 0.15) is 31.4 Å². The van der Waals surface area contributed by atoms with Gasteiger partial charge < -0.3 is 20.5 Å². The number of nitrogens with zero attached hydrogens (tertiary/aromatic N) is 5. The molecule has 0 aliphatic heterocycles. The lowest BCUT2D eigenvalue weighted by Gasteiger charge is -2.26. The van der Waals surface area contributed by atoms with Gasteiger partial charge in [-0.05, 0) is 44.9 Å². The van der Waals surface area contributed by atoms with Crippen molar-refractivity contribution in [1.29, 1.82) is 0 Å². The van der Waals surface area contributed by atoms with E-state index < -0.39 is 0 Å². The van der Waals surface area contributed by atoms with Gasteiger partial charge in [0.1, 0.15) is 16.2 Å². The fourth-order valence-corrected chi connectivity index (χ4v) is 4.46. The van der Waals surface area contributed by atoms with Crippen molar-refractivity contribution >= 4 is 38.6 Å². The van der Waals surface area contributed by atoms with Crippen LogP contribution in [0.3, 0.4) is 0 Å². The molecule has 4 rings (SSSR count). The van der Waals surface area contributed by atoms with E-state index in [2.05, 4.69) is 30.5 Å². The van der Waals surface area contributed by atoms with Crippen LogP contribution in [0.25, 0.3) is 10.3 Å². The summed E-state index contributed by atoms with van der Waals surface area (Å²) in [5, 5.41) is 17.3. The second kappa shape index (κ2) is 10.3. The van der Waals surface area contributed by atoms with Gasteiger partial charge in [0.05, 0.1) is 18.4 Å². The Morgan fingerprint density at radius 3 is 2.84 bits per heavy atom. The number of rotatable bonds is 9. The summed E-state index contributed by atoms with van der Waals surface area (Å²) in [5.41, 5.74) is 1.77. The Balaban J connectivity index is 1.53. The summed E-state index contributed by atoms with van der Waals surface area (Å²) in [6.07, 6.45) is 5.02. The minimum Gasteiger partial charge on any atom is -0.393 e. The highest BCUT2D eigenvalue weighted by atomic mass is 32.1. The number of fused-ring (bicyclic) bond motifs is 1. The maximum absolute atomic E-state index is 9.78. The zero-order chi connectivity index (χ0) is 21.6. The predicted octanol–water partition coefficient (Wildman–Crippen LogP) is 3.02. The number of methoxy groups -OCH3 is 1. The monoisotopic (exact) mass is 443 g/mol. The zero-order valence-electron chi connectivity index (χ0n) is 17.9. The van der Waals surface area contributed by atoms with Gasteiger partial charge in [0.15, 0.2) is 5.13 Å². The van der Waals surface area contributed by atoms with Gasteiger partial charge in [0.25, 0.3) is 0 Å². The van der Waals surface area contributed by atoms with E-state index in [0.717, 1.165) is 53.4 Å². The van der Waals surface area contributed by atoms with Crippen LogP contribution >= 0.6 is 11.3 Å². The van der Waals surface area contributed by atoms with Crippen LogP contribution in [0, 0.1) is 0 Å². The van der Waals surface area contributed by atoms with Crippen molar-refractivity contribution in [2.45, 2.75) is 44.4 Å². The van der Waals surface area contributed by atoms with Crippen molar-refractivity contribution in [3.8, 4) is 0 Å². The molecule has 1 aliphatic carbocycles. The molecule has 3 aromatic rings. The second-order valence-electron chi connectivity index (χ2n) is 7.92. The molecule has 3 N–H and O–H groups in total. The quantitative estimate of drug-likeness (QED) is 0.460. The Hall–Kier alpha value is -2.40. The highest BCUT2D eigenvalue weighted by molar-refractivity contribution is 7.21. The van der Waals surface area contributed by atoms with Crippen LogP contribution in [-0.2, 0) is 11.3 Å². The largest absolute Gasteiger partial charge is 0.393 e. The van der Waals surface area contributed by atoms with Crippen LogP contribution in [0.5, 0.6) is 0 Å². The lowest BCUT2D eigenvalue weighted by Crippen LogP contribution is -2.29.